The topological polar surface area (TPSA) is 55.5 Å². The van der Waals surface area contributed by atoms with Gasteiger partial charge >= 0.3 is 0 Å². The molecule has 25 heavy (non-hydrogen) atoms. The summed E-state index contributed by atoms with van der Waals surface area (Å²) in [6.45, 7) is 0.550. The summed E-state index contributed by atoms with van der Waals surface area (Å²) in [4.78, 5) is 15.2. The van der Waals surface area contributed by atoms with Crippen molar-refractivity contribution < 1.29 is 4.92 Å². The van der Waals surface area contributed by atoms with Crippen LogP contribution in [-0.2, 0) is 13.0 Å². The van der Waals surface area contributed by atoms with Crippen LogP contribution in [0, 0.1) is 10.1 Å². The molecule has 0 aliphatic heterocycles. The molecule has 3 aromatic rings. The van der Waals surface area contributed by atoms with Gasteiger partial charge in [-0.05, 0) is 23.1 Å². The Hall–Kier alpha value is -3.27. The molecule has 0 aliphatic rings. The van der Waals surface area contributed by atoms with Crippen molar-refractivity contribution >= 4 is 11.9 Å². The van der Waals surface area contributed by atoms with E-state index in [-0.39, 0.29) is 10.6 Å². The fourth-order valence-electron chi connectivity index (χ4n) is 2.63. The summed E-state index contributed by atoms with van der Waals surface area (Å²) in [5, 5.41) is 11.1. The van der Waals surface area contributed by atoms with Crippen LogP contribution in [-0.4, -0.2) is 11.1 Å². The Balaban J connectivity index is 1.86. The average Bonchev–Trinajstić information content (AvgIpc) is 2.64. The summed E-state index contributed by atoms with van der Waals surface area (Å²) in [6, 6.07) is 24.9. The van der Waals surface area contributed by atoms with Crippen molar-refractivity contribution in [2.45, 2.75) is 13.0 Å². The molecule has 0 saturated heterocycles. The third-order valence-corrected chi connectivity index (χ3v) is 3.92. The summed E-state index contributed by atoms with van der Waals surface area (Å²) >= 11 is 0. The molecule has 0 unspecified atom stereocenters. The first-order valence-corrected chi connectivity index (χ1v) is 8.07. The molecule has 3 aromatic carbocycles. The minimum Gasteiger partial charge on any atom is -0.288 e. The summed E-state index contributed by atoms with van der Waals surface area (Å²) in [7, 11) is 0. The fraction of sp³-hybridized carbons (Fsp3) is 0.0952. The lowest BCUT2D eigenvalue weighted by Crippen LogP contribution is -1.98. The maximum absolute atomic E-state index is 11.1. The zero-order chi connectivity index (χ0) is 17.5. The molecule has 4 heteroatoms. The van der Waals surface area contributed by atoms with Gasteiger partial charge in [-0.3, -0.25) is 15.1 Å². The van der Waals surface area contributed by atoms with Gasteiger partial charge in [-0.1, -0.05) is 66.7 Å². The number of nitrogens with zero attached hydrogens (tertiary/aromatic N) is 2. The zero-order valence-corrected chi connectivity index (χ0v) is 13.7. The summed E-state index contributed by atoms with van der Waals surface area (Å²) in [5.74, 6) is 0. The van der Waals surface area contributed by atoms with E-state index >= 15 is 0 Å². The van der Waals surface area contributed by atoms with Crippen LogP contribution in [0.2, 0.25) is 0 Å². The van der Waals surface area contributed by atoms with Crippen molar-refractivity contribution in [1.82, 2.24) is 0 Å². The molecule has 0 saturated carbocycles. The van der Waals surface area contributed by atoms with E-state index < -0.39 is 0 Å². The van der Waals surface area contributed by atoms with Crippen LogP contribution in [0.25, 0.3) is 0 Å². The van der Waals surface area contributed by atoms with Gasteiger partial charge in [0.1, 0.15) is 0 Å². The van der Waals surface area contributed by atoms with E-state index in [1.807, 2.05) is 66.7 Å². The Bertz CT molecular complexity index is 875. The van der Waals surface area contributed by atoms with E-state index in [4.69, 9.17) is 0 Å². The molecular formula is C21H18N2O2. The summed E-state index contributed by atoms with van der Waals surface area (Å²) in [6.07, 6.45) is 2.45. The van der Waals surface area contributed by atoms with Crippen LogP contribution >= 0.6 is 0 Å². The van der Waals surface area contributed by atoms with Crippen molar-refractivity contribution in [2.24, 2.45) is 4.99 Å². The highest BCUT2D eigenvalue weighted by molar-refractivity contribution is 5.83. The maximum atomic E-state index is 11.1. The number of hydrogen-bond acceptors (Lipinski definition) is 3. The molecule has 0 aromatic heterocycles. The molecule has 0 bridgehead atoms. The molecule has 0 radical (unpaired) electrons. The van der Waals surface area contributed by atoms with Gasteiger partial charge in [0.2, 0.25) is 0 Å². The largest absolute Gasteiger partial charge is 0.288 e. The molecule has 0 fully saturated rings. The first-order valence-electron chi connectivity index (χ1n) is 8.07. The molecule has 0 aliphatic carbocycles. The third kappa shape index (κ3) is 4.61. The molecule has 0 amide bonds. The Morgan fingerprint density at radius 2 is 1.52 bits per heavy atom. The highest BCUT2D eigenvalue weighted by Gasteiger charge is 2.10. The predicted molar refractivity (Wildman–Crippen MR) is 100 cm³/mol. The van der Waals surface area contributed by atoms with Gasteiger partial charge in [-0.2, -0.15) is 0 Å². The quantitative estimate of drug-likeness (QED) is 0.370. The van der Waals surface area contributed by atoms with Crippen LogP contribution in [0.3, 0.4) is 0 Å². The van der Waals surface area contributed by atoms with Crippen molar-refractivity contribution in [1.29, 1.82) is 0 Å². The smallest absolute Gasteiger partial charge is 0.270 e. The monoisotopic (exact) mass is 330 g/mol. The molecule has 0 N–H and O–H groups in total. The van der Waals surface area contributed by atoms with Gasteiger partial charge < -0.3 is 0 Å². The molecule has 0 heterocycles. The van der Waals surface area contributed by atoms with Crippen LogP contribution < -0.4 is 0 Å². The highest BCUT2D eigenvalue weighted by Crippen LogP contribution is 2.20. The maximum Gasteiger partial charge on any atom is 0.270 e. The van der Waals surface area contributed by atoms with Crippen molar-refractivity contribution in [3.05, 3.63) is 111 Å². The number of non-ortho nitro benzene ring substituents is 1. The van der Waals surface area contributed by atoms with Crippen molar-refractivity contribution in [2.75, 3.05) is 0 Å². The minimum atomic E-state index is -0.374. The highest BCUT2D eigenvalue weighted by atomic mass is 16.6. The first kappa shape index (κ1) is 16.6. The standard InChI is InChI=1S/C21H18N2O2/c24-23(25)21-12-11-19(13-17-7-3-1-4-8-17)20(14-21)16-22-15-18-9-5-2-6-10-18/h1-12,14,16H,13,15H2/b22-16+. The summed E-state index contributed by atoms with van der Waals surface area (Å²) < 4.78 is 0. The first-order chi connectivity index (χ1) is 12.2. The minimum absolute atomic E-state index is 0.0815. The van der Waals surface area contributed by atoms with Gasteiger partial charge in [0.25, 0.3) is 5.69 Å². The van der Waals surface area contributed by atoms with Gasteiger partial charge in [0.15, 0.2) is 0 Å². The lowest BCUT2D eigenvalue weighted by atomic mass is 9.99. The molecular weight excluding hydrogens is 312 g/mol. The van der Waals surface area contributed by atoms with Crippen molar-refractivity contribution in [3.63, 3.8) is 0 Å². The van der Waals surface area contributed by atoms with Crippen LogP contribution in [0.1, 0.15) is 22.3 Å². The predicted octanol–water partition coefficient (Wildman–Crippen LogP) is 4.80. The normalized spacial score (nSPS) is 10.9. The molecule has 4 nitrogen and oxygen atoms in total. The molecule has 0 atom stereocenters. The van der Waals surface area contributed by atoms with Gasteiger partial charge in [-0.15, -0.1) is 0 Å². The van der Waals surface area contributed by atoms with E-state index in [2.05, 4.69) is 4.99 Å². The van der Waals surface area contributed by atoms with Crippen LogP contribution in [0.4, 0.5) is 5.69 Å². The van der Waals surface area contributed by atoms with Gasteiger partial charge in [0, 0.05) is 23.9 Å². The van der Waals surface area contributed by atoms with E-state index in [9.17, 15) is 10.1 Å². The number of nitro groups is 1. The lowest BCUT2D eigenvalue weighted by molar-refractivity contribution is -0.384. The SMILES string of the molecule is O=[N+]([O-])c1ccc(Cc2ccccc2)c(/C=N/Cc2ccccc2)c1. The number of nitro benzene ring substituents is 1. The number of hydrogen-bond donors (Lipinski definition) is 0. The van der Waals surface area contributed by atoms with E-state index in [1.165, 1.54) is 0 Å². The number of aliphatic imine (C=N–C) groups is 1. The Labute approximate surface area is 146 Å². The van der Waals surface area contributed by atoms with Crippen LogP contribution in [0.5, 0.6) is 0 Å². The lowest BCUT2D eigenvalue weighted by Gasteiger charge is -2.06. The summed E-state index contributed by atoms with van der Waals surface area (Å²) in [5.41, 5.74) is 4.16. The van der Waals surface area contributed by atoms with Gasteiger partial charge in [0.05, 0.1) is 11.5 Å². The Kier molecular flexibility index (Phi) is 5.32. The molecule has 3 rings (SSSR count). The molecule has 0 spiro atoms. The second-order valence-corrected chi connectivity index (χ2v) is 5.76. The number of benzene rings is 3. The van der Waals surface area contributed by atoms with E-state index in [0.29, 0.717) is 13.0 Å². The van der Waals surface area contributed by atoms with E-state index in [0.717, 1.165) is 22.3 Å². The van der Waals surface area contributed by atoms with E-state index in [1.54, 1.807) is 18.3 Å². The second-order valence-electron chi connectivity index (χ2n) is 5.76. The average molecular weight is 330 g/mol. The Morgan fingerprint density at radius 1 is 0.880 bits per heavy atom. The van der Waals surface area contributed by atoms with Crippen molar-refractivity contribution in [3.8, 4) is 0 Å². The fourth-order valence-corrected chi connectivity index (χ4v) is 2.63. The number of rotatable bonds is 6. The second kappa shape index (κ2) is 8.02. The zero-order valence-electron chi connectivity index (χ0n) is 13.7. The van der Waals surface area contributed by atoms with Gasteiger partial charge in [-0.25, -0.2) is 0 Å². The third-order valence-electron chi connectivity index (χ3n) is 3.92. The van der Waals surface area contributed by atoms with Crippen LogP contribution in [0.15, 0.2) is 83.9 Å². The Morgan fingerprint density at radius 3 is 2.16 bits per heavy atom. The molecule has 124 valence electrons.